The minimum atomic E-state index is 0.284. The van der Waals surface area contributed by atoms with Gasteiger partial charge in [0.25, 0.3) is 0 Å². The standard InChI is InChI=1S/C16H18.C13H12.C11H16/c1-11-8-9-13-12-6-4-5-7-14(12)16(2,3)15(13)10-11;1-11-7-5-6-10-13(11)12-8-3-2-4-9-12;1-9-6-5-7-10(8-9)11(2,3)4/h4-9,15H,10H2,1-3H3;2-10H,1H3;5-8H,1-4H3. The van der Waals surface area contributed by atoms with E-state index >= 15 is 0 Å². The Kier molecular flexibility index (Phi) is 8.99. The van der Waals surface area contributed by atoms with Gasteiger partial charge in [0.1, 0.15) is 0 Å². The minimum Gasteiger partial charge on any atom is -0.0727 e. The molecule has 0 saturated carbocycles. The van der Waals surface area contributed by atoms with E-state index < -0.39 is 0 Å². The van der Waals surface area contributed by atoms with Gasteiger partial charge in [-0.2, -0.15) is 0 Å². The molecular formula is C40H46. The normalized spacial score (nSPS) is 16.6. The Labute approximate surface area is 243 Å². The Morgan fingerprint density at radius 3 is 1.90 bits per heavy atom. The summed E-state index contributed by atoms with van der Waals surface area (Å²) in [5.74, 6) is 0.676. The van der Waals surface area contributed by atoms with Gasteiger partial charge in [-0.3, -0.25) is 0 Å². The van der Waals surface area contributed by atoms with Crippen LogP contribution in [0.2, 0.25) is 0 Å². The number of fused-ring (bicyclic) bond motifs is 3. The first-order chi connectivity index (χ1) is 19.0. The van der Waals surface area contributed by atoms with Gasteiger partial charge >= 0.3 is 0 Å². The van der Waals surface area contributed by atoms with Crippen LogP contribution in [0, 0.1) is 19.8 Å². The molecule has 2 aliphatic carbocycles. The number of hydrogen-bond donors (Lipinski definition) is 0. The summed E-state index contributed by atoms with van der Waals surface area (Å²) in [4.78, 5) is 0. The molecule has 0 N–H and O–H groups in total. The predicted octanol–water partition coefficient (Wildman–Crippen LogP) is 11.3. The Balaban J connectivity index is 0.000000142. The molecule has 1 atom stereocenters. The number of allylic oxidation sites excluding steroid dienone is 4. The van der Waals surface area contributed by atoms with Crippen LogP contribution in [0.25, 0.3) is 16.7 Å². The van der Waals surface area contributed by atoms with Gasteiger partial charge in [0.2, 0.25) is 0 Å². The van der Waals surface area contributed by atoms with Crippen LogP contribution in [0.4, 0.5) is 0 Å². The van der Waals surface area contributed by atoms with Crippen molar-refractivity contribution in [2.75, 3.05) is 0 Å². The maximum Gasteiger partial charge on any atom is -0.00256 e. The van der Waals surface area contributed by atoms with Crippen molar-refractivity contribution in [3.63, 3.8) is 0 Å². The summed E-state index contributed by atoms with van der Waals surface area (Å²) in [7, 11) is 0. The lowest BCUT2D eigenvalue weighted by Gasteiger charge is -2.30. The third-order valence-electron chi connectivity index (χ3n) is 8.37. The fourth-order valence-electron chi connectivity index (χ4n) is 5.88. The fraction of sp³-hybridized carbons (Fsp3) is 0.300. The Hall–Kier alpha value is -3.64. The van der Waals surface area contributed by atoms with E-state index in [9.17, 15) is 0 Å². The third-order valence-corrected chi connectivity index (χ3v) is 8.37. The SMILES string of the molecule is CC1=CC=C2c3ccccc3C(C)(C)C2C1.Cc1cccc(C(C)(C)C)c1.Cc1ccccc1-c1ccccc1. The summed E-state index contributed by atoms with van der Waals surface area (Å²) in [5.41, 5.74) is 13.3. The molecule has 0 aliphatic heterocycles. The molecule has 4 aromatic carbocycles. The van der Waals surface area contributed by atoms with Gasteiger partial charge < -0.3 is 0 Å². The van der Waals surface area contributed by atoms with Crippen LogP contribution in [-0.2, 0) is 10.8 Å². The van der Waals surface area contributed by atoms with Gasteiger partial charge in [-0.1, -0.05) is 161 Å². The van der Waals surface area contributed by atoms with Gasteiger partial charge in [-0.25, -0.2) is 0 Å². The molecule has 0 saturated heterocycles. The van der Waals surface area contributed by atoms with Crippen LogP contribution in [0.3, 0.4) is 0 Å². The topological polar surface area (TPSA) is 0 Å². The van der Waals surface area contributed by atoms with Crippen molar-refractivity contribution in [3.8, 4) is 11.1 Å². The molecule has 0 nitrogen and oxygen atoms in total. The highest BCUT2D eigenvalue weighted by Gasteiger charge is 2.42. The quantitative estimate of drug-likeness (QED) is 0.231. The second-order valence-corrected chi connectivity index (χ2v) is 13.0. The molecule has 0 heteroatoms. The first-order valence-corrected chi connectivity index (χ1v) is 14.6. The zero-order valence-electron chi connectivity index (χ0n) is 25.8. The minimum absolute atomic E-state index is 0.284. The van der Waals surface area contributed by atoms with E-state index in [1.165, 1.54) is 50.9 Å². The van der Waals surface area contributed by atoms with Crippen molar-refractivity contribution in [2.45, 2.75) is 72.6 Å². The maximum atomic E-state index is 2.38. The van der Waals surface area contributed by atoms with Crippen molar-refractivity contribution in [2.24, 2.45) is 5.92 Å². The maximum absolute atomic E-state index is 2.38. The van der Waals surface area contributed by atoms with Crippen LogP contribution in [-0.4, -0.2) is 0 Å². The number of aryl methyl sites for hydroxylation is 2. The zero-order chi connectivity index (χ0) is 28.9. The highest BCUT2D eigenvalue weighted by Crippen LogP contribution is 2.53. The summed E-state index contributed by atoms with van der Waals surface area (Å²) >= 11 is 0. The van der Waals surface area contributed by atoms with Gasteiger partial charge in [-0.15, -0.1) is 0 Å². The summed E-state index contributed by atoms with van der Waals surface area (Å²) in [6.07, 6.45) is 5.83. The van der Waals surface area contributed by atoms with Crippen molar-refractivity contribution in [1.29, 1.82) is 0 Å². The molecule has 0 aromatic heterocycles. The van der Waals surface area contributed by atoms with Crippen LogP contribution >= 0.6 is 0 Å². The average molecular weight is 527 g/mol. The molecule has 2 aliphatic rings. The first kappa shape index (κ1) is 29.3. The summed E-state index contributed by atoms with van der Waals surface area (Å²) < 4.78 is 0. The molecule has 0 radical (unpaired) electrons. The lowest BCUT2D eigenvalue weighted by Crippen LogP contribution is -2.24. The average Bonchev–Trinajstić information content (AvgIpc) is 3.16. The number of benzene rings is 4. The van der Waals surface area contributed by atoms with E-state index in [0.717, 1.165) is 0 Å². The van der Waals surface area contributed by atoms with E-state index in [1.54, 1.807) is 5.57 Å². The third kappa shape index (κ3) is 6.73. The summed E-state index contributed by atoms with van der Waals surface area (Å²) in [5, 5.41) is 0. The molecule has 0 bridgehead atoms. The van der Waals surface area contributed by atoms with E-state index in [0.29, 0.717) is 5.92 Å². The van der Waals surface area contributed by atoms with E-state index in [1.807, 2.05) is 6.07 Å². The zero-order valence-corrected chi connectivity index (χ0v) is 25.8. The molecule has 0 fully saturated rings. The second kappa shape index (κ2) is 12.3. The fourth-order valence-corrected chi connectivity index (χ4v) is 5.88. The van der Waals surface area contributed by atoms with Crippen LogP contribution in [0.5, 0.6) is 0 Å². The molecule has 40 heavy (non-hydrogen) atoms. The highest BCUT2D eigenvalue weighted by atomic mass is 14.5. The molecule has 206 valence electrons. The number of hydrogen-bond acceptors (Lipinski definition) is 0. The highest BCUT2D eigenvalue weighted by molar-refractivity contribution is 5.79. The van der Waals surface area contributed by atoms with E-state index in [2.05, 4.69) is 165 Å². The van der Waals surface area contributed by atoms with Crippen molar-refractivity contribution in [1.82, 2.24) is 0 Å². The van der Waals surface area contributed by atoms with E-state index in [-0.39, 0.29) is 10.8 Å². The smallest absolute Gasteiger partial charge is 0.00256 e. The lowest BCUT2D eigenvalue weighted by atomic mass is 9.73. The molecule has 6 rings (SSSR count). The molecular weight excluding hydrogens is 480 g/mol. The monoisotopic (exact) mass is 526 g/mol. The second-order valence-electron chi connectivity index (χ2n) is 13.0. The van der Waals surface area contributed by atoms with Crippen LogP contribution in [0.1, 0.15) is 75.8 Å². The molecule has 4 aromatic rings. The Morgan fingerprint density at radius 2 is 1.27 bits per heavy atom. The Morgan fingerprint density at radius 1 is 0.650 bits per heavy atom. The van der Waals surface area contributed by atoms with Gasteiger partial charge in [0, 0.05) is 0 Å². The van der Waals surface area contributed by atoms with Gasteiger partial charge in [0.05, 0.1) is 0 Å². The summed E-state index contributed by atoms with van der Waals surface area (Å²) in [6.45, 7) is 18.0. The molecule has 0 amide bonds. The van der Waals surface area contributed by atoms with E-state index in [4.69, 9.17) is 0 Å². The predicted molar refractivity (Wildman–Crippen MR) is 176 cm³/mol. The molecule has 1 unspecified atom stereocenters. The van der Waals surface area contributed by atoms with Crippen molar-refractivity contribution < 1.29 is 0 Å². The lowest BCUT2D eigenvalue weighted by molar-refractivity contribution is 0.408. The molecule has 0 heterocycles. The van der Waals surface area contributed by atoms with Crippen molar-refractivity contribution >= 4 is 5.57 Å². The van der Waals surface area contributed by atoms with Gasteiger partial charge in [0.15, 0.2) is 0 Å². The van der Waals surface area contributed by atoms with Crippen molar-refractivity contribution in [3.05, 3.63) is 149 Å². The number of rotatable bonds is 1. The largest absolute Gasteiger partial charge is 0.0727 e. The summed E-state index contributed by atoms with van der Waals surface area (Å²) in [6, 6.07) is 36.5. The van der Waals surface area contributed by atoms with Crippen LogP contribution in [0.15, 0.2) is 121 Å². The van der Waals surface area contributed by atoms with Crippen LogP contribution < -0.4 is 0 Å². The van der Waals surface area contributed by atoms with Gasteiger partial charge in [-0.05, 0) is 82.9 Å². The molecule has 0 spiro atoms. The first-order valence-electron chi connectivity index (χ1n) is 14.6. The Bertz CT molecular complexity index is 1490.